The molecule has 0 unspecified atom stereocenters. The number of aromatic nitrogens is 4. The Hall–Kier alpha value is -2.01. The Bertz CT molecular complexity index is 737. The summed E-state index contributed by atoms with van der Waals surface area (Å²) in [6.45, 7) is 0. The minimum absolute atomic E-state index is 0.0230. The molecule has 1 fully saturated rings. The molecule has 0 radical (unpaired) electrons. The fourth-order valence-corrected chi connectivity index (χ4v) is 2.56. The molecule has 11 heteroatoms. The Morgan fingerprint density at radius 2 is 2.27 bits per heavy atom. The number of anilines is 1. The van der Waals surface area contributed by atoms with Crippen molar-refractivity contribution in [1.82, 2.24) is 19.5 Å². The molecular formula is C11H13ClN6O4. The molecule has 3 heterocycles. The van der Waals surface area contributed by atoms with Gasteiger partial charge in [-0.2, -0.15) is 9.97 Å². The van der Waals surface area contributed by atoms with Crippen molar-refractivity contribution in [3.8, 4) is 0 Å². The van der Waals surface area contributed by atoms with E-state index in [2.05, 4.69) is 20.3 Å². The molecule has 2 aromatic heterocycles. The zero-order valence-corrected chi connectivity index (χ0v) is 12.1. The summed E-state index contributed by atoms with van der Waals surface area (Å²) >= 11 is 5.86. The number of nitrogens with two attached hydrogens (primary N) is 1. The molecule has 1 aliphatic rings. The number of fused-ring (bicyclic) bond motifs is 1. The first-order valence-electron chi connectivity index (χ1n) is 6.33. The second kappa shape index (κ2) is 5.32. The molecule has 0 aromatic carbocycles. The highest BCUT2D eigenvalue weighted by Gasteiger charge is 2.46. The number of aliphatic hydroxyl groups excluding tert-OH is 1. The Morgan fingerprint density at radius 3 is 2.86 bits per heavy atom. The molecule has 3 rings (SSSR count). The number of ether oxygens (including phenoxy) is 1. The van der Waals surface area contributed by atoms with Crippen LogP contribution in [0, 0.1) is 0 Å². The van der Waals surface area contributed by atoms with Crippen LogP contribution >= 0.6 is 11.6 Å². The van der Waals surface area contributed by atoms with Gasteiger partial charge in [-0.3, -0.25) is 4.57 Å². The summed E-state index contributed by atoms with van der Waals surface area (Å²) in [6.07, 6.45) is -2.22. The fourth-order valence-electron chi connectivity index (χ4n) is 2.39. The van der Waals surface area contributed by atoms with Crippen LogP contribution in [0.1, 0.15) is 6.23 Å². The quantitative estimate of drug-likeness (QED) is 0.531. The SMILES string of the molecule is CNc1nc(Cl)nc2c1ncn2[C@@H]1O[C@H](C(=O)O)[C@@H](N)[C@H]1O. The molecule has 0 amide bonds. The zero-order valence-electron chi connectivity index (χ0n) is 11.3. The van der Waals surface area contributed by atoms with Crippen LogP contribution in [0.25, 0.3) is 11.2 Å². The number of rotatable bonds is 3. The summed E-state index contributed by atoms with van der Waals surface area (Å²) < 4.78 is 6.72. The van der Waals surface area contributed by atoms with E-state index in [0.717, 1.165) is 0 Å². The van der Waals surface area contributed by atoms with Gasteiger partial charge in [0, 0.05) is 7.05 Å². The third kappa shape index (κ3) is 2.16. The van der Waals surface area contributed by atoms with Crippen molar-refractivity contribution < 1.29 is 19.7 Å². The maximum absolute atomic E-state index is 11.1. The number of imidazole rings is 1. The van der Waals surface area contributed by atoms with E-state index in [1.165, 1.54) is 10.9 Å². The summed E-state index contributed by atoms with van der Waals surface area (Å²) in [4.78, 5) is 23.3. The predicted octanol–water partition coefficient (Wildman–Crippen LogP) is -0.808. The summed E-state index contributed by atoms with van der Waals surface area (Å²) in [7, 11) is 1.65. The summed E-state index contributed by atoms with van der Waals surface area (Å²) in [6, 6.07) is -1.07. The number of nitrogens with one attached hydrogen (secondary N) is 1. The lowest BCUT2D eigenvalue weighted by atomic mass is 10.1. The highest BCUT2D eigenvalue weighted by molar-refractivity contribution is 6.28. The fraction of sp³-hybridized carbons (Fsp3) is 0.455. The van der Waals surface area contributed by atoms with E-state index < -0.39 is 30.4 Å². The van der Waals surface area contributed by atoms with Crippen molar-refractivity contribution in [1.29, 1.82) is 0 Å². The van der Waals surface area contributed by atoms with E-state index in [0.29, 0.717) is 17.0 Å². The Morgan fingerprint density at radius 1 is 1.55 bits per heavy atom. The molecule has 0 bridgehead atoms. The number of halogens is 1. The predicted molar refractivity (Wildman–Crippen MR) is 75.4 cm³/mol. The Kier molecular flexibility index (Phi) is 3.60. The standard InChI is InChI=1S/C11H13ClN6O4/c1-14-7-4-8(17-11(12)16-7)18(2-15-4)9-5(19)3(13)6(22-9)10(20)21/h2-3,5-6,9,19H,13H2,1H3,(H,20,21)(H,14,16,17)/t3-,5+,6-,9+/m0/s1. The van der Waals surface area contributed by atoms with Crippen LogP contribution in [0.15, 0.2) is 6.33 Å². The van der Waals surface area contributed by atoms with Gasteiger partial charge in [0.25, 0.3) is 0 Å². The lowest BCUT2D eigenvalue weighted by Crippen LogP contribution is -2.43. The molecule has 118 valence electrons. The molecule has 0 aliphatic carbocycles. The van der Waals surface area contributed by atoms with Crippen molar-refractivity contribution in [2.75, 3.05) is 12.4 Å². The number of aliphatic carboxylic acids is 1. The number of aliphatic hydroxyl groups is 1. The number of hydrogen-bond acceptors (Lipinski definition) is 8. The van der Waals surface area contributed by atoms with Crippen LogP contribution in [0.3, 0.4) is 0 Å². The van der Waals surface area contributed by atoms with Gasteiger partial charge in [0.15, 0.2) is 29.3 Å². The van der Waals surface area contributed by atoms with Crippen molar-refractivity contribution in [2.24, 2.45) is 5.73 Å². The number of hydrogen-bond donors (Lipinski definition) is 4. The molecule has 1 aliphatic heterocycles. The maximum Gasteiger partial charge on any atom is 0.334 e. The highest BCUT2D eigenvalue weighted by Crippen LogP contribution is 2.32. The van der Waals surface area contributed by atoms with Gasteiger partial charge in [-0.15, -0.1) is 0 Å². The van der Waals surface area contributed by atoms with Gasteiger partial charge in [-0.1, -0.05) is 0 Å². The summed E-state index contributed by atoms with van der Waals surface area (Å²) in [5.41, 5.74) is 6.40. The van der Waals surface area contributed by atoms with Crippen molar-refractivity contribution >= 4 is 34.6 Å². The van der Waals surface area contributed by atoms with E-state index in [1.807, 2.05) is 0 Å². The first-order valence-corrected chi connectivity index (χ1v) is 6.71. The first-order chi connectivity index (χ1) is 10.4. The number of carboxylic acids is 1. The van der Waals surface area contributed by atoms with Crippen LogP contribution < -0.4 is 11.1 Å². The van der Waals surface area contributed by atoms with Gasteiger partial charge in [0.05, 0.1) is 12.4 Å². The topological polar surface area (TPSA) is 148 Å². The Balaban J connectivity index is 2.08. The van der Waals surface area contributed by atoms with E-state index in [9.17, 15) is 9.90 Å². The van der Waals surface area contributed by atoms with Crippen LogP contribution in [0.4, 0.5) is 5.82 Å². The van der Waals surface area contributed by atoms with E-state index in [4.69, 9.17) is 27.2 Å². The summed E-state index contributed by atoms with van der Waals surface area (Å²) in [5, 5.41) is 22.0. The van der Waals surface area contributed by atoms with Crippen LogP contribution in [0.5, 0.6) is 0 Å². The monoisotopic (exact) mass is 328 g/mol. The highest BCUT2D eigenvalue weighted by atomic mass is 35.5. The molecule has 5 N–H and O–H groups in total. The minimum atomic E-state index is -1.32. The Labute approximate surface area is 128 Å². The minimum Gasteiger partial charge on any atom is -0.479 e. The largest absolute Gasteiger partial charge is 0.479 e. The third-order valence-electron chi connectivity index (χ3n) is 3.47. The number of carbonyl (C=O) groups is 1. The lowest BCUT2D eigenvalue weighted by molar-refractivity contribution is -0.152. The van der Waals surface area contributed by atoms with E-state index >= 15 is 0 Å². The number of nitrogens with zero attached hydrogens (tertiary/aromatic N) is 4. The maximum atomic E-state index is 11.1. The van der Waals surface area contributed by atoms with Crippen LogP contribution in [-0.4, -0.2) is 61.0 Å². The average molecular weight is 329 g/mol. The molecule has 4 atom stereocenters. The van der Waals surface area contributed by atoms with Gasteiger partial charge in [0.2, 0.25) is 5.28 Å². The van der Waals surface area contributed by atoms with Gasteiger partial charge in [-0.25, -0.2) is 9.78 Å². The first kappa shape index (κ1) is 14.9. The van der Waals surface area contributed by atoms with Crippen molar-refractivity contribution in [2.45, 2.75) is 24.5 Å². The smallest absolute Gasteiger partial charge is 0.334 e. The van der Waals surface area contributed by atoms with Gasteiger partial charge in [-0.05, 0) is 11.6 Å². The molecule has 2 aromatic rings. The normalized spacial score (nSPS) is 28.2. The molecule has 0 saturated carbocycles. The average Bonchev–Trinajstić information content (AvgIpc) is 3.01. The second-order valence-corrected chi connectivity index (χ2v) is 5.11. The van der Waals surface area contributed by atoms with Crippen LogP contribution in [-0.2, 0) is 9.53 Å². The van der Waals surface area contributed by atoms with Gasteiger partial charge >= 0.3 is 5.97 Å². The van der Waals surface area contributed by atoms with Crippen molar-refractivity contribution in [3.63, 3.8) is 0 Å². The number of carboxylic acid groups (broad SMARTS) is 1. The summed E-state index contributed by atoms with van der Waals surface area (Å²) in [5.74, 6) is -0.845. The molecular weight excluding hydrogens is 316 g/mol. The molecule has 1 saturated heterocycles. The second-order valence-electron chi connectivity index (χ2n) is 4.77. The third-order valence-corrected chi connectivity index (χ3v) is 3.64. The molecule has 10 nitrogen and oxygen atoms in total. The molecule has 22 heavy (non-hydrogen) atoms. The molecule has 0 spiro atoms. The van der Waals surface area contributed by atoms with E-state index in [-0.39, 0.29) is 5.28 Å². The zero-order chi connectivity index (χ0) is 16.0. The van der Waals surface area contributed by atoms with Crippen LogP contribution in [0.2, 0.25) is 5.28 Å². The van der Waals surface area contributed by atoms with E-state index in [1.54, 1.807) is 7.05 Å². The van der Waals surface area contributed by atoms with Gasteiger partial charge < -0.3 is 26.0 Å². The van der Waals surface area contributed by atoms with Gasteiger partial charge in [0.1, 0.15) is 6.10 Å². The van der Waals surface area contributed by atoms with Crippen molar-refractivity contribution in [3.05, 3.63) is 11.6 Å². The lowest BCUT2D eigenvalue weighted by Gasteiger charge is -2.16.